The van der Waals surface area contributed by atoms with Crippen molar-refractivity contribution in [1.82, 2.24) is 0 Å². The number of halogens is 2. The van der Waals surface area contributed by atoms with Crippen LogP contribution in [-0.4, -0.2) is 5.97 Å². The molecule has 2 aliphatic rings. The number of rotatable bonds is 8. The highest BCUT2D eigenvalue weighted by Crippen LogP contribution is 2.42. The fourth-order valence-corrected chi connectivity index (χ4v) is 6.07. The predicted molar refractivity (Wildman–Crippen MR) is 139 cm³/mol. The summed E-state index contributed by atoms with van der Waals surface area (Å²) in [5, 5.41) is 0. The van der Waals surface area contributed by atoms with Gasteiger partial charge in [-0.05, 0) is 93.0 Å². The summed E-state index contributed by atoms with van der Waals surface area (Å²) in [5.41, 5.74) is 0.623. The molecule has 0 bridgehead atoms. The van der Waals surface area contributed by atoms with E-state index in [4.69, 9.17) is 9.47 Å². The fourth-order valence-electron chi connectivity index (χ4n) is 6.07. The van der Waals surface area contributed by atoms with Gasteiger partial charge in [0.2, 0.25) is 5.82 Å². The molecule has 0 radical (unpaired) electrons. The number of hydrogen-bond donors (Lipinski definition) is 0. The van der Waals surface area contributed by atoms with Gasteiger partial charge in [-0.3, -0.25) is 4.79 Å². The lowest BCUT2D eigenvalue weighted by molar-refractivity contribution is -0.140. The summed E-state index contributed by atoms with van der Waals surface area (Å²) >= 11 is 0. The fraction of sp³-hybridized carbons (Fsp3) is 0.516. The minimum atomic E-state index is -1.04. The van der Waals surface area contributed by atoms with Gasteiger partial charge < -0.3 is 9.47 Å². The van der Waals surface area contributed by atoms with Gasteiger partial charge in [-0.1, -0.05) is 50.8 Å². The zero-order valence-corrected chi connectivity index (χ0v) is 21.5. The SMILES string of the molecule is CC=COc1ccc(-c2ccc(OC(=O)C3CCC(C4CCC(CCC)CC4)CC3)cc2)c(F)c1F. The Morgan fingerprint density at radius 1 is 0.889 bits per heavy atom. The number of ether oxygens (including phenoxy) is 2. The Kier molecular flexibility index (Phi) is 9.17. The minimum absolute atomic E-state index is 0.0615. The van der Waals surface area contributed by atoms with Crippen LogP contribution < -0.4 is 9.47 Å². The van der Waals surface area contributed by atoms with Crippen LogP contribution in [-0.2, 0) is 4.79 Å². The summed E-state index contributed by atoms with van der Waals surface area (Å²) in [7, 11) is 0. The largest absolute Gasteiger partial charge is 0.462 e. The highest BCUT2D eigenvalue weighted by molar-refractivity contribution is 5.75. The van der Waals surface area contributed by atoms with Gasteiger partial charge in [-0.2, -0.15) is 4.39 Å². The molecule has 2 aromatic rings. The van der Waals surface area contributed by atoms with E-state index >= 15 is 0 Å². The maximum absolute atomic E-state index is 14.6. The maximum Gasteiger partial charge on any atom is 0.314 e. The third kappa shape index (κ3) is 6.35. The standard InChI is InChI=1S/C31H38F2O3/c1-3-5-21-6-8-22(9-7-21)23-10-12-25(13-11-23)31(34)36-26-16-14-24(15-17-26)27-18-19-28(35-20-4-2)30(33)29(27)32/h4,14-23,25H,3,5-13H2,1-2H3. The van der Waals surface area contributed by atoms with Crippen molar-refractivity contribution in [3.05, 3.63) is 60.4 Å². The Morgan fingerprint density at radius 2 is 1.53 bits per heavy atom. The summed E-state index contributed by atoms with van der Waals surface area (Å²) in [6.07, 6.45) is 15.0. The minimum Gasteiger partial charge on any atom is -0.462 e. The molecule has 0 saturated heterocycles. The molecule has 4 rings (SSSR count). The predicted octanol–water partition coefficient (Wildman–Crippen LogP) is 8.86. The van der Waals surface area contributed by atoms with Crippen LogP contribution in [0.25, 0.3) is 11.1 Å². The van der Waals surface area contributed by atoms with Crippen LogP contribution >= 0.6 is 0 Å². The number of carbonyl (C=O) groups excluding carboxylic acids is 1. The molecule has 2 aliphatic carbocycles. The molecule has 194 valence electrons. The average Bonchev–Trinajstić information content (AvgIpc) is 2.91. The van der Waals surface area contributed by atoms with E-state index in [0.717, 1.165) is 43.4 Å². The molecule has 0 aliphatic heterocycles. The van der Waals surface area contributed by atoms with Crippen LogP contribution in [0.5, 0.6) is 11.5 Å². The van der Waals surface area contributed by atoms with E-state index in [-0.39, 0.29) is 23.2 Å². The van der Waals surface area contributed by atoms with Crippen LogP contribution in [0.15, 0.2) is 48.7 Å². The van der Waals surface area contributed by atoms with Crippen LogP contribution in [0.1, 0.15) is 78.1 Å². The van der Waals surface area contributed by atoms with Gasteiger partial charge in [0.25, 0.3) is 0 Å². The Bertz CT molecular complexity index is 1030. The molecule has 2 fully saturated rings. The second-order valence-electron chi connectivity index (χ2n) is 10.5. The molecule has 0 spiro atoms. The Balaban J connectivity index is 1.29. The van der Waals surface area contributed by atoms with E-state index < -0.39 is 11.6 Å². The number of esters is 1. The first-order chi connectivity index (χ1) is 17.5. The van der Waals surface area contributed by atoms with Gasteiger partial charge in [-0.25, -0.2) is 4.39 Å². The molecule has 0 aromatic heterocycles. The van der Waals surface area contributed by atoms with Gasteiger partial charge in [-0.15, -0.1) is 0 Å². The number of allylic oxidation sites excluding steroid dienone is 1. The summed E-state index contributed by atoms with van der Waals surface area (Å²) in [4.78, 5) is 12.8. The van der Waals surface area contributed by atoms with Gasteiger partial charge >= 0.3 is 5.97 Å². The first kappa shape index (κ1) is 26.4. The lowest BCUT2D eigenvalue weighted by atomic mass is 9.69. The van der Waals surface area contributed by atoms with E-state index in [2.05, 4.69) is 6.92 Å². The van der Waals surface area contributed by atoms with E-state index in [1.807, 2.05) is 0 Å². The third-order valence-electron chi connectivity index (χ3n) is 8.12. The maximum atomic E-state index is 14.6. The van der Waals surface area contributed by atoms with Crippen LogP contribution in [0.3, 0.4) is 0 Å². The smallest absolute Gasteiger partial charge is 0.314 e. The van der Waals surface area contributed by atoms with Gasteiger partial charge in [0.1, 0.15) is 5.75 Å². The van der Waals surface area contributed by atoms with Crippen molar-refractivity contribution in [3.8, 4) is 22.6 Å². The molecule has 0 amide bonds. The second-order valence-corrected chi connectivity index (χ2v) is 10.5. The van der Waals surface area contributed by atoms with Gasteiger partial charge in [0.05, 0.1) is 12.2 Å². The van der Waals surface area contributed by atoms with Crippen molar-refractivity contribution < 1.29 is 23.0 Å². The zero-order chi connectivity index (χ0) is 25.5. The molecule has 0 heterocycles. The summed E-state index contributed by atoms with van der Waals surface area (Å²) in [6, 6.07) is 9.42. The van der Waals surface area contributed by atoms with E-state index in [1.54, 1.807) is 37.3 Å². The number of benzene rings is 2. The molecule has 0 N–H and O–H groups in total. The Hall–Kier alpha value is -2.69. The van der Waals surface area contributed by atoms with Crippen molar-refractivity contribution in [2.45, 2.75) is 78.1 Å². The Morgan fingerprint density at radius 3 is 2.14 bits per heavy atom. The third-order valence-corrected chi connectivity index (χ3v) is 8.12. The molecule has 0 atom stereocenters. The molecule has 3 nitrogen and oxygen atoms in total. The van der Waals surface area contributed by atoms with Gasteiger partial charge in [0, 0.05) is 5.56 Å². The van der Waals surface area contributed by atoms with Crippen molar-refractivity contribution in [2.75, 3.05) is 0 Å². The van der Waals surface area contributed by atoms with E-state index in [1.165, 1.54) is 56.9 Å². The Labute approximate surface area is 213 Å². The van der Waals surface area contributed by atoms with E-state index in [0.29, 0.717) is 11.3 Å². The first-order valence-corrected chi connectivity index (χ1v) is 13.6. The molecule has 0 unspecified atom stereocenters. The summed E-state index contributed by atoms with van der Waals surface area (Å²) < 4.78 is 39.6. The van der Waals surface area contributed by atoms with Crippen LogP contribution in [0, 0.1) is 35.3 Å². The van der Waals surface area contributed by atoms with Crippen molar-refractivity contribution >= 4 is 5.97 Å². The lowest BCUT2D eigenvalue weighted by Crippen LogP contribution is -2.30. The lowest BCUT2D eigenvalue weighted by Gasteiger charge is -2.37. The van der Waals surface area contributed by atoms with Crippen LogP contribution in [0.2, 0.25) is 0 Å². The molecule has 5 heteroatoms. The van der Waals surface area contributed by atoms with Crippen molar-refractivity contribution in [1.29, 1.82) is 0 Å². The van der Waals surface area contributed by atoms with Gasteiger partial charge in [0.15, 0.2) is 11.6 Å². The molecular weight excluding hydrogens is 458 g/mol. The first-order valence-electron chi connectivity index (χ1n) is 13.6. The summed E-state index contributed by atoms with van der Waals surface area (Å²) in [6.45, 7) is 4.00. The highest BCUT2D eigenvalue weighted by Gasteiger charge is 2.33. The molecular formula is C31H38F2O3. The normalized spacial score (nSPS) is 24.6. The van der Waals surface area contributed by atoms with Crippen molar-refractivity contribution in [2.24, 2.45) is 23.7 Å². The van der Waals surface area contributed by atoms with E-state index in [9.17, 15) is 13.6 Å². The van der Waals surface area contributed by atoms with Crippen LogP contribution in [0.4, 0.5) is 8.78 Å². The highest BCUT2D eigenvalue weighted by atomic mass is 19.2. The zero-order valence-electron chi connectivity index (χ0n) is 21.5. The van der Waals surface area contributed by atoms with Crippen molar-refractivity contribution in [3.63, 3.8) is 0 Å². The average molecular weight is 497 g/mol. The number of hydrogen-bond acceptors (Lipinski definition) is 3. The quantitative estimate of drug-likeness (QED) is 0.208. The number of carbonyl (C=O) groups is 1. The monoisotopic (exact) mass is 496 g/mol. The summed E-state index contributed by atoms with van der Waals surface area (Å²) in [5.74, 6) is 0.508. The molecule has 2 aromatic carbocycles. The second kappa shape index (κ2) is 12.5. The molecule has 36 heavy (non-hydrogen) atoms. The molecule has 2 saturated carbocycles. The topological polar surface area (TPSA) is 35.5 Å².